The quantitative estimate of drug-likeness (QED) is 0.643. The minimum atomic E-state index is 0.154. The van der Waals surface area contributed by atoms with E-state index >= 15 is 0 Å². The Morgan fingerprint density at radius 3 is 2.97 bits per heavy atom. The molecular formula is C24H26N4O. The van der Waals surface area contributed by atoms with Gasteiger partial charge < -0.3 is 9.09 Å². The van der Waals surface area contributed by atoms with Gasteiger partial charge in [-0.2, -0.15) is 4.98 Å². The molecule has 148 valence electrons. The first-order valence-corrected chi connectivity index (χ1v) is 11.2. The molecule has 5 heteroatoms. The van der Waals surface area contributed by atoms with E-state index in [4.69, 9.17) is 9.51 Å². The molecule has 4 aliphatic rings. The van der Waals surface area contributed by atoms with Crippen molar-refractivity contribution in [1.29, 1.82) is 0 Å². The Kier molecular flexibility index (Phi) is 3.17. The van der Waals surface area contributed by atoms with Gasteiger partial charge in [-0.15, -0.1) is 0 Å². The Morgan fingerprint density at radius 2 is 2.10 bits per heavy atom. The number of aromatic nitrogens is 3. The molecule has 0 radical (unpaired) electrons. The maximum atomic E-state index is 5.87. The SMILES string of the molecule is CC[C@@]12C=C(c3nc(C4CC4)no3)n3c4c(c5ccccc53)CCN(CCC1)[C@H]42. The number of benzene rings is 1. The van der Waals surface area contributed by atoms with Gasteiger partial charge in [0.2, 0.25) is 0 Å². The van der Waals surface area contributed by atoms with Crippen LogP contribution in [-0.4, -0.2) is 32.7 Å². The van der Waals surface area contributed by atoms with E-state index < -0.39 is 0 Å². The standard InChI is InChI=1S/C24H26N4O/c1-2-24-11-5-12-27-13-10-17-16-6-3-4-7-18(16)28(20(17)21(24)27)19(14-24)23-25-22(26-29-23)15-8-9-15/h3-4,6-7,14-15,21H,2,5,8-13H2,1H3/t21-,24+/m1/s1. The molecule has 5 nitrogen and oxygen atoms in total. The molecule has 0 amide bonds. The van der Waals surface area contributed by atoms with E-state index in [-0.39, 0.29) is 5.41 Å². The van der Waals surface area contributed by atoms with E-state index in [9.17, 15) is 0 Å². The number of fused-ring (bicyclic) bond motifs is 3. The molecule has 3 aliphatic heterocycles. The molecule has 2 atom stereocenters. The van der Waals surface area contributed by atoms with Crippen molar-refractivity contribution in [3.63, 3.8) is 0 Å². The fourth-order valence-electron chi connectivity index (χ4n) is 6.28. The van der Waals surface area contributed by atoms with E-state index in [1.54, 1.807) is 0 Å². The smallest absolute Gasteiger partial charge is 0.274 e. The maximum Gasteiger partial charge on any atom is 0.274 e. The predicted octanol–water partition coefficient (Wildman–Crippen LogP) is 4.89. The van der Waals surface area contributed by atoms with Crippen molar-refractivity contribution in [1.82, 2.24) is 19.6 Å². The van der Waals surface area contributed by atoms with Crippen LogP contribution >= 0.6 is 0 Å². The van der Waals surface area contributed by atoms with Crippen molar-refractivity contribution in [2.24, 2.45) is 5.41 Å². The first-order chi connectivity index (χ1) is 14.3. The van der Waals surface area contributed by atoms with Crippen LogP contribution in [0.2, 0.25) is 0 Å². The molecule has 7 rings (SSSR count). The molecule has 3 aromatic rings. The molecule has 0 bridgehead atoms. The molecule has 0 spiro atoms. The largest absolute Gasteiger partial charge is 0.332 e. The Morgan fingerprint density at radius 1 is 1.21 bits per heavy atom. The van der Waals surface area contributed by atoms with Crippen LogP contribution in [0, 0.1) is 5.41 Å². The number of piperidine rings is 1. The summed E-state index contributed by atoms with van der Waals surface area (Å²) < 4.78 is 8.33. The third-order valence-corrected chi connectivity index (χ3v) is 7.85. The molecule has 1 aliphatic carbocycles. The lowest BCUT2D eigenvalue weighted by Crippen LogP contribution is -2.50. The molecule has 0 N–H and O–H groups in total. The van der Waals surface area contributed by atoms with Crippen molar-refractivity contribution in [2.45, 2.75) is 57.4 Å². The third-order valence-electron chi connectivity index (χ3n) is 7.85. The number of rotatable bonds is 3. The Bertz CT molecular complexity index is 1170. The normalized spacial score (nSPS) is 28.4. The van der Waals surface area contributed by atoms with Crippen molar-refractivity contribution in [3.8, 4) is 0 Å². The van der Waals surface area contributed by atoms with Crippen LogP contribution in [0.15, 0.2) is 34.9 Å². The van der Waals surface area contributed by atoms with E-state index in [0.717, 1.165) is 24.4 Å². The summed E-state index contributed by atoms with van der Waals surface area (Å²) in [6.45, 7) is 4.74. The summed E-state index contributed by atoms with van der Waals surface area (Å²) >= 11 is 0. The Hall–Kier alpha value is -2.40. The minimum absolute atomic E-state index is 0.154. The van der Waals surface area contributed by atoms with Crippen molar-refractivity contribution in [3.05, 3.63) is 53.3 Å². The highest BCUT2D eigenvalue weighted by Gasteiger charge is 2.51. The van der Waals surface area contributed by atoms with Crippen LogP contribution in [0.5, 0.6) is 0 Å². The predicted molar refractivity (Wildman–Crippen MR) is 112 cm³/mol. The highest BCUT2D eigenvalue weighted by Crippen LogP contribution is 2.57. The molecule has 2 aromatic heterocycles. The zero-order valence-electron chi connectivity index (χ0n) is 16.9. The lowest BCUT2D eigenvalue weighted by molar-refractivity contribution is 0.0269. The van der Waals surface area contributed by atoms with Gasteiger partial charge in [0.15, 0.2) is 5.82 Å². The van der Waals surface area contributed by atoms with Gasteiger partial charge in [-0.1, -0.05) is 30.3 Å². The summed E-state index contributed by atoms with van der Waals surface area (Å²) in [6, 6.07) is 9.34. The molecule has 0 unspecified atom stereocenters. The average molecular weight is 386 g/mol. The fourth-order valence-corrected chi connectivity index (χ4v) is 6.28. The first kappa shape index (κ1) is 16.4. The third kappa shape index (κ3) is 2.09. The van der Waals surface area contributed by atoms with Gasteiger partial charge in [-0.05, 0) is 62.8 Å². The summed E-state index contributed by atoms with van der Waals surface area (Å²) in [6.07, 6.45) is 9.65. The van der Waals surface area contributed by atoms with Gasteiger partial charge in [-0.3, -0.25) is 4.90 Å². The van der Waals surface area contributed by atoms with Crippen molar-refractivity contribution < 1.29 is 4.52 Å². The van der Waals surface area contributed by atoms with Crippen LogP contribution < -0.4 is 0 Å². The van der Waals surface area contributed by atoms with Gasteiger partial charge in [0, 0.05) is 29.0 Å². The lowest BCUT2D eigenvalue weighted by atomic mass is 9.66. The zero-order chi connectivity index (χ0) is 19.2. The highest BCUT2D eigenvalue weighted by atomic mass is 16.5. The Labute approximate surface area is 170 Å². The Balaban J connectivity index is 1.54. The number of hydrogen-bond acceptors (Lipinski definition) is 4. The van der Waals surface area contributed by atoms with Gasteiger partial charge in [0.1, 0.15) is 5.70 Å². The second kappa shape index (κ2) is 5.60. The average Bonchev–Trinajstić information content (AvgIpc) is 3.40. The number of nitrogens with zero attached hydrogens (tertiary/aromatic N) is 4. The van der Waals surface area contributed by atoms with E-state index in [1.807, 2.05) is 0 Å². The summed E-state index contributed by atoms with van der Waals surface area (Å²) in [5, 5.41) is 5.74. The van der Waals surface area contributed by atoms with Gasteiger partial charge in [-0.25, -0.2) is 0 Å². The minimum Gasteiger partial charge on any atom is -0.332 e. The van der Waals surface area contributed by atoms with Gasteiger partial charge in [0.05, 0.1) is 11.6 Å². The summed E-state index contributed by atoms with van der Waals surface area (Å²) in [7, 11) is 0. The summed E-state index contributed by atoms with van der Waals surface area (Å²) in [4.78, 5) is 7.61. The topological polar surface area (TPSA) is 47.1 Å². The van der Waals surface area contributed by atoms with E-state index in [0.29, 0.717) is 17.9 Å². The van der Waals surface area contributed by atoms with E-state index in [2.05, 4.69) is 51.9 Å². The monoisotopic (exact) mass is 386 g/mol. The van der Waals surface area contributed by atoms with Crippen LogP contribution in [-0.2, 0) is 6.42 Å². The molecule has 1 saturated carbocycles. The highest BCUT2D eigenvalue weighted by molar-refractivity contribution is 5.91. The van der Waals surface area contributed by atoms with Crippen LogP contribution in [0.1, 0.15) is 74.0 Å². The maximum absolute atomic E-state index is 5.87. The second-order valence-electron chi connectivity index (χ2n) is 9.36. The molecule has 2 fully saturated rings. The molecular weight excluding hydrogens is 360 g/mol. The zero-order valence-corrected chi connectivity index (χ0v) is 16.9. The van der Waals surface area contributed by atoms with Gasteiger partial charge in [0.25, 0.3) is 5.89 Å². The second-order valence-corrected chi connectivity index (χ2v) is 9.36. The molecule has 1 saturated heterocycles. The molecule has 29 heavy (non-hydrogen) atoms. The van der Waals surface area contributed by atoms with Gasteiger partial charge >= 0.3 is 0 Å². The molecule has 5 heterocycles. The van der Waals surface area contributed by atoms with Crippen molar-refractivity contribution in [2.75, 3.05) is 13.1 Å². The first-order valence-electron chi connectivity index (χ1n) is 11.2. The van der Waals surface area contributed by atoms with Crippen LogP contribution in [0.3, 0.4) is 0 Å². The lowest BCUT2D eigenvalue weighted by Gasteiger charge is -2.53. The van der Waals surface area contributed by atoms with Crippen molar-refractivity contribution >= 4 is 16.6 Å². The summed E-state index contributed by atoms with van der Waals surface area (Å²) in [5.41, 5.74) is 5.58. The number of para-hydroxylation sites is 1. The van der Waals surface area contributed by atoms with Crippen LogP contribution in [0.4, 0.5) is 0 Å². The molecule has 1 aromatic carbocycles. The fraction of sp³-hybridized carbons (Fsp3) is 0.500. The summed E-state index contributed by atoms with van der Waals surface area (Å²) in [5.74, 6) is 2.10. The van der Waals surface area contributed by atoms with Crippen LogP contribution in [0.25, 0.3) is 16.6 Å². The number of hydrogen-bond donors (Lipinski definition) is 0. The van der Waals surface area contributed by atoms with E-state index in [1.165, 1.54) is 60.9 Å².